The Morgan fingerprint density at radius 3 is 2.04 bits per heavy atom. The molecule has 0 aromatic heterocycles. The third-order valence-electron chi connectivity index (χ3n) is 6.14. The Balaban J connectivity index is 1.19. The number of nitrogens with zero attached hydrogens (tertiary/aromatic N) is 2. The molecule has 1 aromatic carbocycles. The molecule has 0 spiro atoms. The summed E-state index contributed by atoms with van der Waals surface area (Å²) >= 11 is 0. The van der Waals surface area contributed by atoms with E-state index in [9.17, 15) is 0 Å². The number of ether oxygens (including phenoxy) is 2. The smallest absolute Gasteiger partial charge is 0.231 e. The van der Waals surface area contributed by atoms with Crippen LogP contribution in [0.2, 0.25) is 0 Å². The quantitative estimate of drug-likeness (QED) is 0.419. The number of benzene rings is 1. The van der Waals surface area contributed by atoms with Crippen LogP contribution in [0.15, 0.2) is 18.2 Å². The second-order valence-electron chi connectivity index (χ2n) is 8.49. The second kappa shape index (κ2) is 12.3. The minimum atomic E-state index is 0.358. The van der Waals surface area contributed by atoms with Gasteiger partial charge in [-0.2, -0.15) is 0 Å². The summed E-state index contributed by atoms with van der Waals surface area (Å²) < 4.78 is 10.9. The van der Waals surface area contributed by atoms with Crippen LogP contribution in [0.25, 0.3) is 0 Å². The fourth-order valence-corrected chi connectivity index (χ4v) is 4.29. The maximum Gasteiger partial charge on any atom is 0.231 e. The van der Waals surface area contributed by atoms with Crippen LogP contribution >= 0.6 is 0 Å². The first kappa shape index (κ1) is 21.4. The van der Waals surface area contributed by atoms with Gasteiger partial charge >= 0.3 is 0 Å². The van der Waals surface area contributed by atoms with Gasteiger partial charge in [-0.25, -0.2) is 0 Å². The van der Waals surface area contributed by atoms with Crippen LogP contribution in [0, 0.1) is 0 Å². The minimum absolute atomic E-state index is 0.358. The fraction of sp³-hybridized carbons (Fsp3) is 0.750. The van der Waals surface area contributed by atoms with E-state index in [-0.39, 0.29) is 0 Å². The van der Waals surface area contributed by atoms with Gasteiger partial charge < -0.3 is 14.4 Å². The molecule has 1 saturated heterocycles. The highest BCUT2D eigenvalue weighted by molar-refractivity contribution is 5.44. The van der Waals surface area contributed by atoms with Crippen molar-refractivity contribution in [1.82, 2.24) is 9.80 Å². The van der Waals surface area contributed by atoms with Gasteiger partial charge in [0.15, 0.2) is 11.5 Å². The maximum absolute atomic E-state index is 5.50. The van der Waals surface area contributed by atoms with Crippen LogP contribution in [-0.4, -0.2) is 49.3 Å². The Morgan fingerprint density at radius 1 is 0.714 bits per heavy atom. The normalized spacial score (nSPS) is 17.3. The number of rotatable bonds is 13. The molecular weight excluding hydrogens is 348 g/mol. The van der Waals surface area contributed by atoms with Crippen LogP contribution in [0.3, 0.4) is 0 Å². The average molecular weight is 389 g/mol. The molecule has 158 valence electrons. The van der Waals surface area contributed by atoms with Gasteiger partial charge in [0.25, 0.3) is 0 Å². The highest BCUT2D eigenvalue weighted by Gasteiger charge is 2.18. The number of fused-ring (bicyclic) bond motifs is 1. The Hall–Kier alpha value is -1.26. The van der Waals surface area contributed by atoms with Crippen LogP contribution in [0.1, 0.15) is 76.7 Å². The van der Waals surface area contributed by atoms with E-state index in [2.05, 4.69) is 28.9 Å². The zero-order valence-corrected chi connectivity index (χ0v) is 18.0. The lowest BCUT2D eigenvalue weighted by Gasteiger charge is -2.34. The fourth-order valence-electron chi connectivity index (χ4n) is 4.29. The molecule has 0 radical (unpaired) electrons. The zero-order valence-electron chi connectivity index (χ0n) is 18.0. The molecule has 4 nitrogen and oxygen atoms in total. The van der Waals surface area contributed by atoms with E-state index in [4.69, 9.17) is 9.47 Å². The third-order valence-corrected chi connectivity index (χ3v) is 6.14. The van der Waals surface area contributed by atoms with E-state index >= 15 is 0 Å². The first-order valence-electron chi connectivity index (χ1n) is 11.7. The molecule has 0 unspecified atom stereocenters. The maximum atomic E-state index is 5.50. The van der Waals surface area contributed by atoms with Crippen molar-refractivity contribution in [1.29, 1.82) is 0 Å². The lowest BCUT2D eigenvalue weighted by molar-refractivity contribution is 0.125. The highest BCUT2D eigenvalue weighted by atomic mass is 16.7. The molecule has 28 heavy (non-hydrogen) atoms. The molecule has 0 aliphatic carbocycles. The molecule has 4 heteroatoms. The Morgan fingerprint density at radius 2 is 1.32 bits per heavy atom. The van der Waals surface area contributed by atoms with Gasteiger partial charge in [0.05, 0.1) is 0 Å². The van der Waals surface area contributed by atoms with Crippen LogP contribution in [-0.2, 0) is 6.54 Å². The summed E-state index contributed by atoms with van der Waals surface area (Å²) in [5, 5.41) is 0. The first-order chi connectivity index (χ1) is 13.8. The van der Waals surface area contributed by atoms with Crippen molar-refractivity contribution in [2.45, 2.75) is 77.7 Å². The Labute approximate surface area is 172 Å². The lowest BCUT2D eigenvalue weighted by atomic mass is 10.1. The van der Waals surface area contributed by atoms with E-state index in [0.29, 0.717) is 6.79 Å². The zero-order chi connectivity index (χ0) is 19.4. The predicted molar refractivity (Wildman–Crippen MR) is 116 cm³/mol. The molecule has 0 saturated carbocycles. The number of unbranched alkanes of at least 4 members (excludes halogenated alkanes) is 9. The molecule has 0 bridgehead atoms. The number of hydrogen-bond acceptors (Lipinski definition) is 4. The van der Waals surface area contributed by atoms with E-state index in [1.165, 1.54) is 102 Å². The van der Waals surface area contributed by atoms with Gasteiger partial charge in [0, 0.05) is 32.7 Å². The summed E-state index contributed by atoms with van der Waals surface area (Å²) in [4.78, 5) is 5.22. The van der Waals surface area contributed by atoms with Crippen LogP contribution < -0.4 is 9.47 Å². The predicted octanol–water partition coefficient (Wildman–Crippen LogP) is 5.45. The van der Waals surface area contributed by atoms with Gasteiger partial charge in [-0.1, -0.05) is 70.8 Å². The molecule has 2 aliphatic heterocycles. The summed E-state index contributed by atoms with van der Waals surface area (Å²) in [6.07, 6.45) is 14.2. The lowest BCUT2D eigenvalue weighted by Crippen LogP contribution is -2.46. The summed E-state index contributed by atoms with van der Waals surface area (Å²) in [6.45, 7) is 9.72. The molecule has 2 aliphatic rings. The van der Waals surface area contributed by atoms with Gasteiger partial charge in [0.2, 0.25) is 6.79 Å². The molecule has 0 atom stereocenters. The number of piperazine rings is 1. The van der Waals surface area contributed by atoms with E-state index in [1.54, 1.807) is 0 Å². The molecule has 0 amide bonds. The minimum Gasteiger partial charge on any atom is -0.454 e. The van der Waals surface area contributed by atoms with Crippen molar-refractivity contribution >= 4 is 0 Å². The summed E-state index contributed by atoms with van der Waals surface area (Å²) in [5.41, 5.74) is 1.33. The molecule has 1 aromatic rings. The van der Waals surface area contributed by atoms with Gasteiger partial charge in [-0.05, 0) is 30.7 Å². The van der Waals surface area contributed by atoms with E-state index in [1.807, 2.05) is 6.07 Å². The SMILES string of the molecule is CCCCCCCCCCCCN1CCN(Cc2ccc3c(c2)OCO3)CC1. The monoisotopic (exact) mass is 388 g/mol. The van der Waals surface area contributed by atoms with E-state index in [0.717, 1.165) is 18.0 Å². The second-order valence-corrected chi connectivity index (χ2v) is 8.49. The first-order valence-corrected chi connectivity index (χ1v) is 11.7. The van der Waals surface area contributed by atoms with E-state index < -0.39 is 0 Å². The molecular formula is C24H40N2O2. The molecule has 0 N–H and O–H groups in total. The molecule has 3 rings (SSSR count). The number of hydrogen-bond donors (Lipinski definition) is 0. The van der Waals surface area contributed by atoms with Gasteiger partial charge in [-0.3, -0.25) is 4.90 Å². The summed E-state index contributed by atoms with van der Waals surface area (Å²) in [5.74, 6) is 1.78. The van der Waals surface area contributed by atoms with Crippen molar-refractivity contribution in [3.05, 3.63) is 23.8 Å². The Bertz CT molecular complexity index is 556. The van der Waals surface area contributed by atoms with Crippen LogP contribution in [0.5, 0.6) is 11.5 Å². The topological polar surface area (TPSA) is 24.9 Å². The van der Waals surface area contributed by atoms with Crippen molar-refractivity contribution in [2.24, 2.45) is 0 Å². The third kappa shape index (κ3) is 7.29. The summed E-state index contributed by atoms with van der Waals surface area (Å²) in [6, 6.07) is 6.35. The largest absolute Gasteiger partial charge is 0.454 e. The van der Waals surface area contributed by atoms with Crippen molar-refractivity contribution in [3.8, 4) is 11.5 Å². The van der Waals surface area contributed by atoms with Crippen molar-refractivity contribution in [2.75, 3.05) is 39.5 Å². The summed E-state index contributed by atoms with van der Waals surface area (Å²) in [7, 11) is 0. The van der Waals surface area contributed by atoms with Gasteiger partial charge in [-0.15, -0.1) is 0 Å². The van der Waals surface area contributed by atoms with Crippen molar-refractivity contribution < 1.29 is 9.47 Å². The molecule has 2 heterocycles. The Kier molecular flexibility index (Phi) is 9.45. The van der Waals surface area contributed by atoms with Crippen LogP contribution in [0.4, 0.5) is 0 Å². The van der Waals surface area contributed by atoms with Gasteiger partial charge in [0.1, 0.15) is 0 Å². The standard InChI is InChI=1S/C24H40N2O2/c1-2-3-4-5-6-7-8-9-10-11-14-25-15-17-26(18-16-25)20-22-12-13-23-24(19-22)28-21-27-23/h12-13,19H,2-11,14-18,20-21H2,1H3. The van der Waals surface area contributed by atoms with Crippen molar-refractivity contribution in [3.63, 3.8) is 0 Å². The molecule has 1 fully saturated rings. The highest BCUT2D eigenvalue weighted by Crippen LogP contribution is 2.32. The average Bonchev–Trinajstić information content (AvgIpc) is 3.18.